The number of nitrogens with one attached hydrogen (secondary N) is 1. The minimum Gasteiger partial charge on any atom is -0.445 e. The highest BCUT2D eigenvalue weighted by Gasteiger charge is 2.56. The summed E-state index contributed by atoms with van der Waals surface area (Å²) >= 11 is 0. The molecule has 2 heterocycles. The van der Waals surface area contributed by atoms with Gasteiger partial charge in [0.25, 0.3) is 11.5 Å². The molecule has 0 spiro atoms. The second-order valence-corrected chi connectivity index (χ2v) is 10.5. The molecular weight excluding hydrogens is 484 g/mol. The van der Waals surface area contributed by atoms with Crippen molar-refractivity contribution in [3.8, 4) is 0 Å². The van der Waals surface area contributed by atoms with E-state index in [2.05, 4.69) is 12.2 Å². The van der Waals surface area contributed by atoms with Crippen LogP contribution in [0.15, 0.2) is 41.3 Å². The van der Waals surface area contributed by atoms with Crippen molar-refractivity contribution in [1.29, 1.82) is 0 Å². The van der Waals surface area contributed by atoms with Gasteiger partial charge >= 0.3 is 12.1 Å². The van der Waals surface area contributed by atoms with Gasteiger partial charge in [0.2, 0.25) is 0 Å². The number of carbonyl (C=O) groups is 3. The maximum absolute atomic E-state index is 14.3. The van der Waals surface area contributed by atoms with Crippen molar-refractivity contribution in [2.45, 2.75) is 65.1 Å². The Morgan fingerprint density at radius 3 is 2.57 bits per heavy atom. The van der Waals surface area contributed by atoms with Gasteiger partial charge in [0.05, 0.1) is 6.54 Å². The van der Waals surface area contributed by atoms with Crippen LogP contribution in [0.3, 0.4) is 0 Å². The minimum atomic E-state index is -2.04. The predicted octanol–water partition coefficient (Wildman–Crippen LogP) is 4.48. The number of urea groups is 1. The first-order chi connectivity index (χ1) is 17.4. The van der Waals surface area contributed by atoms with Gasteiger partial charge < -0.3 is 14.6 Å². The monoisotopic (exact) mass is 515 g/mol. The zero-order chi connectivity index (χ0) is 27.1. The third kappa shape index (κ3) is 4.89. The number of aromatic nitrogens is 1. The van der Waals surface area contributed by atoms with Gasteiger partial charge in [-0.25, -0.2) is 18.4 Å². The predicted molar refractivity (Wildman–Crippen MR) is 130 cm³/mol. The maximum Gasteiger partial charge on any atom is 0.425 e. The van der Waals surface area contributed by atoms with Gasteiger partial charge in [-0.2, -0.15) is 4.90 Å². The third-order valence-corrected chi connectivity index (χ3v) is 7.52. The van der Waals surface area contributed by atoms with Gasteiger partial charge in [-0.05, 0) is 61.3 Å². The molecule has 10 heteroatoms. The van der Waals surface area contributed by atoms with Crippen LogP contribution in [0.25, 0.3) is 0 Å². The number of rotatable bonds is 5. The summed E-state index contributed by atoms with van der Waals surface area (Å²) in [4.78, 5) is 53.2. The van der Waals surface area contributed by atoms with E-state index in [4.69, 9.17) is 4.74 Å². The summed E-state index contributed by atoms with van der Waals surface area (Å²) in [5.74, 6) is -2.82. The lowest BCUT2D eigenvalue weighted by atomic mass is 9.75. The molecule has 2 aliphatic rings. The highest BCUT2D eigenvalue weighted by Crippen LogP contribution is 2.37. The van der Waals surface area contributed by atoms with Crippen LogP contribution in [-0.2, 0) is 21.6 Å². The van der Waals surface area contributed by atoms with Crippen LogP contribution in [0.5, 0.6) is 0 Å². The SMILES string of the molecule is Cc1cccn(C[C@@]2(c3ccc(F)c(F)c3)NC(=O)N(C(=O)O[C@@H]3C[C@H](C)CCC3C(C)C)C2=O)c1=O. The highest BCUT2D eigenvalue weighted by atomic mass is 19.2. The van der Waals surface area contributed by atoms with E-state index in [0.717, 1.165) is 31.0 Å². The second kappa shape index (κ2) is 10.1. The Bertz CT molecular complexity index is 1290. The normalized spacial score (nSPS) is 25.9. The Morgan fingerprint density at radius 2 is 1.89 bits per heavy atom. The van der Waals surface area contributed by atoms with Crippen LogP contribution in [-0.4, -0.2) is 33.6 Å². The molecule has 4 amide bonds. The Labute approximate surface area is 213 Å². The molecule has 37 heavy (non-hydrogen) atoms. The van der Waals surface area contributed by atoms with Crippen molar-refractivity contribution in [3.05, 3.63) is 69.6 Å². The van der Waals surface area contributed by atoms with Gasteiger partial charge in [0.15, 0.2) is 17.2 Å². The lowest BCUT2D eigenvalue weighted by molar-refractivity contribution is -0.131. The van der Waals surface area contributed by atoms with E-state index in [0.29, 0.717) is 22.8 Å². The number of carbonyl (C=O) groups excluding carboxylic acids is 3. The quantitative estimate of drug-likeness (QED) is 0.593. The number of imide groups is 3. The number of halogens is 2. The molecule has 2 fully saturated rings. The third-order valence-electron chi connectivity index (χ3n) is 7.52. The smallest absolute Gasteiger partial charge is 0.425 e. The lowest BCUT2D eigenvalue weighted by Crippen LogP contribution is -2.50. The average Bonchev–Trinajstić information content (AvgIpc) is 3.08. The Hall–Kier alpha value is -3.56. The molecule has 1 unspecified atom stereocenters. The molecule has 4 atom stereocenters. The topological polar surface area (TPSA) is 97.7 Å². The molecule has 0 radical (unpaired) electrons. The number of amides is 4. The van der Waals surface area contributed by atoms with Gasteiger partial charge in [-0.3, -0.25) is 9.59 Å². The summed E-state index contributed by atoms with van der Waals surface area (Å²) in [6, 6.07) is 4.84. The zero-order valence-corrected chi connectivity index (χ0v) is 21.3. The standard InChI is InChI=1S/C27H31F2N3O5/c1-15(2)19-9-7-16(3)12-22(19)37-26(36)32-24(34)27(30-25(32)35,18-8-10-20(28)21(29)13-18)14-31-11-5-6-17(4)23(31)33/h5-6,8,10-11,13,15-16,19,22H,7,9,12,14H2,1-4H3,(H,30,35)/t16-,19?,22-,27+/m1/s1. The van der Waals surface area contributed by atoms with Crippen LogP contribution < -0.4 is 10.9 Å². The number of benzene rings is 1. The fourth-order valence-electron chi connectivity index (χ4n) is 5.37. The summed E-state index contributed by atoms with van der Waals surface area (Å²) in [6.07, 6.45) is 2.25. The van der Waals surface area contributed by atoms with Crippen LogP contribution in [0.2, 0.25) is 0 Å². The Balaban J connectivity index is 1.72. The van der Waals surface area contributed by atoms with Crippen molar-refractivity contribution in [2.75, 3.05) is 0 Å². The van der Waals surface area contributed by atoms with E-state index >= 15 is 0 Å². The van der Waals surface area contributed by atoms with E-state index in [1.54, 1.807) is 19.1 Å². The largest absolute Gasteiger partial charge is 0.445 e. The molecule has 198 valence electrons. The van der Waals surface area contributed by atoms with Crippen molar-refractivity contribution in [3.63, 3.8) is 0 Å². The Morgan fingerprint density at radius 1 is 1.16 bits per heavy atom. The molecule has 1 aliphatic heterocycles. The fourth-order valence-corrected chi connectivity index (χ4v) is 5.37. The van der Waals surface area contributed by atoms with Crippen LogP contribution in [0.1, 0.15) is 51.2 Å². The highest BCUT2D eigenvalue weighted by molar-refractivity contribution is 6.17. The first-order valence-corrected chi connectivity index (χ1v) is 12.4. The molecule has 8 nitrogen and oxygen atoms in total. The minimum absolute atomic E-state index is 0.0720. The summed E-state index contributed by atoms with van der Waals surface area (Å²) in [5, 5.41) is 2.47. The van der Waals surface area contributed by atoms with Crippen molar-refractivity contribution in [2.24, 2.45) is 17.8 Å². The molecule has 1 aliphatic carbocycles. The molecule has 0 bridgehead atoms. The number of aryl methyl sites for hydroxylation is 1. The molecule has 2 aromatic rings. The van der Waals surface area contributed by atoms with Gasteiger partial charge in [-0.1, -0.05) is 39.3 Å². The number of nitrogens with zero attached hydrogens (tertiary/aromatic N) is 2. The molecule has 1 aromatic heterocycles. The number of hydrogen-bond donors (Lipinski definition) is 1. The maximum atomic E-state index is 14.3. The molecule has 1 aromatic carbocycles. The first kappa shape index (κ1) is 26.5. The lowest BCUT2D eigenvalue weighted by Gasteiger charge is -2.37. The number of ether oxygens (including phenoxy) is 1. The summed E-state index contributed by atoms with van der Waals surface area (Å²) in [6.45, 7) is 7.25. The number of hydrogen-bond acceptors (Lipinski definition) is 5. The molecular formula is C27H31F2N3O5. The van der Waals surface area contributed by atoms with E-state index in [-0.39, 0.29) is 17.4 Å². The fraction of sp³-hybridized carbons (Fsp3) is 0.481. The van der Waals surface area contributed by atoms with E-state index in [1.807, 2.05) is 13.8 Å². The summed E-state index contributed by atoms with van der Waals surface area (Å²) < 4.78 is 34.9. The van der Waals surface area contributed by atoms with Crippen LogP contribution in [0, 0.1) is 36.3 Å². The Kier molecular flexibility index (Phi) is 7.21. The number of pyridine rings is 1. The van der Waals surface area contributed by atoms with E-state index in [1.165, 1.54) is 10.8 Å². The molecule has 1 saturated heterocycles. The van der Waals surface area contributed by atoms with Crippen molar-refractivity contribution < 1.29 is 27.9 Å². The van der Waals surface area contributed by atoms with E-state index < -0.39 is 53.4 Å². The van der Waals surface area contributed by atoms with Crippen molar-refractivity contribution >= 4 is 18.0 Å². The zero-order valence-electron chi connectivity index (χ0n) is 21.3. The van der Waals surface area contributed by atoms with Gasteiger partial charge in [0.1, 0.15) is 6.10 Å². The average molecular weight is 516 g/mol. The van der Waals surface area contributed by atoms with E-state index in [9.17, 15) is 28.0 Å². The van der Waals surface area contributed by atoms with Crippen molar-refractivity contribution in [1.82, 2.24) is 14.8 Å². The first-order valence-electron chi connectivity index (χ1n) is 12.4. The van der Waals surface area contributed by atoms with Crippen LogP contribution >= 0.6 is 0 Å². The summed E-state index contributed by atoms with van der Waals surface area (Å²) in [7, 11) is 0. The molecule has 4 rings (SSSR count). The second-order valence-electron chi connectivity index (χ2n) is 10.5. The summed E-state index contributed by atoms with van der Waals surface area (Å²) in [5.41, 5.74) is -2.22. The van der Waals surface area contributed by atoms with Crippen LogP contribution in [0.4, 0.5) is 18.4 Å². The van der Waals surface area contributed by atoms with Gasteiger partial charge in [-0.15, -0.1) is 0 Å². The molecule has 1 saturated carbocycles. The molecule has 1 N–H and O–H groups in total. The van der Waals surface area contributed by atoms with Gasteiger partial charge in [0, 0.05) is 11.8 Å².